The third kappa shape index (κ3) is 2.98. The SMILES string of the molecule is COc1csc(C(=O)N2CCCC(C(N)=NO)C2)c1. The lowest BCUT2D eigenvalue weighted by atomic mass is 9.97. The predicted molar refractivity (Wildman–Crippen MR) is 72.9 cm³/mol. The fourth-order valence-electron chi connectivity index (χ4n) is 2.18. The van der Waals surface area contributed by atoms with Gasteiger partial charge >= 0.3 is 0 Å². The lowest BCUT2D eigenvalue weighted by Gasteiger charge is -2.31. The van der Waals surface area contributed by atoms with Crippen LogP contribution in [0.15, 0.2) is 16.6 Å². The number of thiophene rings is 1. The molecule has 6 nitrogen and oxygen atoms in total. The standard InChI is InChI=1S/C12H17N3O3S/c1-18-9-5-10(19-7-9)12(16)15-4-2-3-8(6-15)11(13)14-17/h5,7-8,17H,2-4,6H2,1H3,(H2,13,14). The molecule has 2 heterocycles. The third-order valence-electron chi connectivity index (χ3n) is 3.26. The zero-order chi connectivity index (χ0) is 13.8. The summed E-state index contributed by atoms with van der Waals surface area (Å²) in [6.45, 7) is 1.20. The van der Waals surface area contributed by atoms with Gasteiger partial charge in [-0.2, -0.15) is 0 Å². The Hall–Kier alpha value is -1.76. The second-order valence-electron chi connectivity index (χ2n) is 4.47. The molecule has 1 atom stereocenters. The van der Waals surface area contributed by atoms with Crippen molar-refractivity contribution >= 4 is 23.1 Å². The van der Waals surface area contributed by atoms with Gasteiger partial charge < -0.3 is 20.6 Å². The van der Waals surface area contributed by atoms with E-state index < -0.39 is 0 Å². The van der Waals surface area contributed by atoms with Gasteiger partial charge in [-0.05, 0) is 12.8 Å². The molecule has 0 saturated carbocycles. The molecule has 2 rings (SSSR count). The number of nitrogens with two attached hydrogens (primary N) is 1. The summed E-state index contributed by atoms with van der Waals surface area (Å²) >= 11 is 1.36. The smallest absolute Gasteiger partial charge is 0.264 e. The van der Waals surface area contributed by atoms with Crippen LogP contribution in [0.1, 0.15) is 22.5 Å². The zero-order valence-corrected chi connectivity index (χ0v) is 11.5. The van der Waals surface area contributed by atoms with Crippen LogP contribution in [0.25, 0.3) is 0 Å². The van der Waals surface area contributed by atoms with Crippen molar-refractivity contribution in [2.75, 3.05) is 20.2 Å². The van der Waals surface area contributed by atoms with Gasteiger partial charge in [-0.25, -0.2) is 0 Å². The molecule has 1 saturated heterocycles. The van der Waals surface area contributed by atoms with Crippen LogP contribution in [0.4, 0.5) is 0 Å². The van der Waals surface area contributed by atoms with Crippen LogP contribution in [0.5, 0.6) is 5.75 Å². The monoisotopic (exact) mass is 283 g/mol. The van der Waals surface area contributed by atoms with Gasteiger partial charge in [-0.15, -0.1) is 11.3 Å². The second-order valence-corrected chi connectivity index (χ2v) is 5.38. The average molecular weight is 283 g/mol. The first kappa shape index (κ1) is 13.7. The van der Waals surface area contributed by atoms with Crippen LogP contribution in [0.3, 0.4) is 0 Å². The Morgan fingerprint density at radius 2 is 2.47 bits per heavy atom. The number of carbonyl (C=O) groups excluding carboxylic acids is 1. The van der Waals surface area contributed by atoms with Crippen LogP contribution in [0, 0.1) is 5.92 Å². The van der Waals surface area contributed by atoms with Crippen LogP contribution in [0.2, 0.25) is 0 Å². The van der Waals surface area contributed by atoms with E-state index in [4.69, 9.17) is 15.7 Å². The molecule has 1 aromatic heterocycles. The third-order valence-corrected chi connectivity index (χ3v) is 4.16. The van der Waals surface area contributed by atoms with Crippen LogP contribution in [-0.4, -0.2) is 42.0 Å². The molecule has 1 aliphatic rings. The number of hydrogen-bond acceptors (Lipinski definition) is 5. The maximum atomic E-state index is 12.3. The Morgan fingerprint density at radius 3 is 3.11 bits per heavy atom. The minimum absolute atomic E-state index is 0.0243. The highest BCUT2D eigenvalue weighted by Crippen LogP contribution is 2.25. The normalized spacial score (nSPS) is 20.4. The molecule has 1 aromatic rings. The van der Waals surface area contributed by atoms with Crippen LogP contribution < -0.4 is 10.5 Å². The van der Waals surface area contributed by atoms with E-state index >= 15 is 0 Å². The Kier molecular flexibility index (Phi) is 4.26. The summed E-state index contributed by atoms with van der Waals surface area (Å²) in [5.41, 5.74) is 5.62. The van der Waals surface area contributed by atoms with E-state index in [1.54, 1.807) is 23.5 Å². The number of ether oxygens (including phenoxy) is 1. The van der Waals surface area contributed by atoms with Gasteiger partial charge in [0, 0.05) is 30.5 Å². The minimum atomic E-state index is -0.0652. The second kappa shape index (κ2) is 5.92. The number of carbonyl (C=O) groups is 1. The van der Waals surface area contributed by atoms with Crippen LogP contribution >= 0.6 is 11.3 Å². The number of likely N-dealkylation sites (tertiary alicyclic amines) is 1. The summed E-state index contributed by atoms with van der Waals surface area (Å²) in [5, 5.41) is 13.5. The highest BCUT2D eigenvalue weighted by molar-refractivity contribution is 7.12. The molecule has 1 aliphatic heterocycles. The molecule has 1 unspecified atom stereocenters. The molecule has 0 radical (unpaired) electrons. The van der Waals surface area contributed by atoms with Crippen molar-refractivity contribution in [3.8, 4) is 5.75 Å². The number of rotatable bonds is 3. The average Bonchev–Trinajstić information content (AvgIpc) is 2.94. The van der Waals surface area contributed by atoms with Crippen molar-refractivity contribution in [1.29, 1.82) is 0 Å². The maximum Gasteiger partial charge on any atom is 0.264 e. The van der Waals surface area contributed by atoms with E-state index in [1.165, 1.54) is 11.3 Å². The van der Waals surface area contributed by atoms with Gasteiger partial charge in [-0.1, -0.05) is 5.16 Å². The summed E-state index contributed by atoms with van der Waals surface area (Å²) in [4.78, 5) is 14.7. The number of methoxy groups -OCH3 is 1. The summed E-state index contributed by atoms with van der Waals surface area (Å²) < 4.78 is 5.08. The van der Waals surface area contributed by atoms with Gasteiger partial charge in [0.05, 0.1) is 12.0 Å². The molecule has 0 bridgehead atoms. The quantitative estimate of drug-likeness (QED) is 0.379. The van der Waals surface area contributed by atoms with Gasteiger partial charge in [0.1, 0.15) is 11.6 Å². The number of hydrogen-bond donors (Lipinski definition) is 2. The highest BCUT2D eigenvalue weighted by Gasteiger charge is 2.27. The Bertz CT molecular complexity index is 486. The molecule has 104 valence electrons. The first-order valence-corrected chi connectivity index (χ1v) is 6.93. The van der Waals surface area contributed by atoms with E-state index in [1.807, 2.05) is 0 Å². The predicted octanol–water partition coefficient (Wildman–Crippen LogP) is 1.36. The number of amides is 1. The molecule has 7 heteroatoms. The lowest BCUT2D eigenvalue weighted by Crippen LogP contribution is -2.44. The molecule has 3 N–H and O–H groups in total. The molecular formula is C12H17N3O3S. The van der Waals surface area contributed by atoms with Crippen LogP contribution in [-0.2, 0) is 0 Å². The van der Waals surface area contributed by atoms with Crippen molar-refractivity contribution in [3.63, 3.8) is 0 Å². The number of amidine groups is 1. The molecule has 1 amide bonds. The number of nitrogens with zero attached hydrogens (tertiary/aromatic N) is 2. The highest BCUT2D eigenvalue weighted by atomic mass is 32.1. The topological polar surface area (TPSA) is 88.2 Å². The Balaban J connectivity index is 2.06. The molecule has 0 spiro atoms. The first-order chi connectivity index (χ1) is 9.15. The lowest BCUT2D eigenvalue weighted by molar-refractivity contribution is 0.0706. The van der Waals surface area contributed by atoms with E-state index in [-0.39, 0.29) is 17.7 Å². The molecule has 1 fully saturated rings. The number of piperidine rings is 1. The van der Waals surface area contributed by atoms with E-state index in [0.29, 0.717) is 23.7 Å². The molecule has 0 aromatic carbocycles. The molecule has 0 aliphatic carbocycles. The van der Waals surface area contributed by atoms with Crippen molar-refractivity contribution in [2.45, 2.75) is 12.8 Å². The minimum Gasteiger partial charge on any atom is -0.496 e. The summed E-state index contributed by atoms with van der Waals surface area (Å²) in [6.07, 6.45) is 1.70. The fourth-order valence-corrected chi connectivity index (χ4v) is 3.00. The Labute approximate surface area is 115 Å². The summed E-state index contributed by atoms with van der Waals surface area (Å²) in [5.74, 6) is 0.799. The number of oxime groups is 1. The summed E-state index contributed by atoms with van der Waals surface area (Å²) in [6, 6.07) is 1.74. The fraction of sp³-hybridized carbons (Fsp3) is 0.500. The Morgan fingerprint density at radius 1 is 1.68 bits per heavy atom. The van der Waals surface area contributed by atoms with Gasteiger partial charge in [-0.3, -0.25) is 4.79 Å². The molecular weight excluding hydrogens is 266 g/mol. The zero-order valence-electron chi connectivity index (χ0n) is 10.7. The van der Waals surface area contributed by atoms with Gasteiger partial charge in [0.15, 0.2) is 0 Å². The van der Waals surface area contributed by atoms with Crippen molar-refractivity contribution in [2.24, 2.45) is 16.8 Å². The van der Waals surface area contributed by atoms with Gasteiger partial charge in [0.2, 0.25) is 0 Å². The van der Waals surface area contributed by atoms with Crippen molar-refractivity contribution in [3.05, 3.63) is 16.3 Å². The van der Waals surface area contributed by atoms with Gasteiger partial charge in [0.25, 0.3) is 5.91 Å². The molecule has 19 heavy (non-hydrogen) atoms. The van der Waals surface area contributed by atoms with Crippen molar-refractivity contribution in [1.82, 2.24) is 4.90 Å². The first-order valence-electron chi connectivity index (χ1n) is 6.05. The van der Waals surface area contributed by atoms with E-state index in [0.717, 1.165) is 12.8 Å². The van der Waals surface area contributed by atoms with E-state index in [2.05, 4.69) is 5.16 Å². The van der Waals surface area contributed by atoms with E-state index in [9.17, 15) is 4.79 Å². The summed E-state index contributed by atoms with van der Waals surface area (Å²) in [7, 11) is 1.58. The van der Waals surface area contributed by atoms with Crippen molar-refractivity contribution < 1.29 is 14.7 Å². The largest absolute Gasteiger partial charge is 0.496 e. The maximum absolute atomic E-state index is 12.3.